The zero-order valence-corrected chi connectivity index (χ0v) is 7.83. The van der Waals surface area contributed by atoms with E-state index in [0.29, 0.717) is 0 Å². The minimum Gasteiger partial charge on any atom is -0.468 e. The summed E-state index contributed by atoms with van der Waals surface area (Å²) in [5, 5.41) is 0. The van der Waals surface area contributed by atoms with Crippen molar-refractivity contribution in [3.63, 3.8) is 0 Å². The monoisotopic (exact) mass is 172 g/mol. The van der Waals surface area contributed by atoms with Gasteiger partial charge in [-0.3, -0.25) is 4.79 Å². The van der Waals surface area contributed by atoms with E-state index in [4.69, 9.17) is 5.73 Å². The fraction of sp³-hybridized carbons (Fsp3) is 0.875. The average molecular weight is 172 g/mol. The molecule has 0 bridgehead atoms. The molecule has 12 heavy (non-hydrogen) atoms. The number of nitrogens with zero attached hydrogens (tertiary/aromatic N) is 1. The van der Waals surface area contributed by atoms with Gasteiger partial charge in [0, 0.05) is 19.0 Å². The summed E-state index contributed by atoms with van der Waals surface area (Å²) in [6.07, 6.45) is 0. The van der Waals surface area contributed by atoms with Crippen LogP contribution in [0.2, 0.25) is 0 Å². The van der Waals surface area contributed by atoms with Crippen LogP contribution >= 0.6 is 0 Å². The van der Waals surface area contributed by atoms with Gasteiger partial charge in [0.2, 0.25) is 0 Å². The van der Waals surface area contributed by atoms with Crippen LogP contribution in [0.1, 0.15) is 6.92 Å². The third kappa shape index (κ3) is 1.44. The lowest BCUT2D eigenvalue weighted by atomic mass is 9.81. The number of nitrogens with two attached hydrogens (primary N) is 1. The van der Waals surface area contributed by atoms with E-state index in [9.17, 15) is 4.79 Å². The van der Waals surface area contributed by atoms with E-state index in [2.05, 4.69) is 9.64 Å². The number of carbonyl (C=O) groups excluding carboxylic acids is 1. The van der Waals surface area contributed by atoms with Crippen molar-refractivity contribution >= 4 is 5.97 Å². The number of esters is 1. The zero-order chi connectivity index (χ0) is 9.35. The third-order valence-electron chi connectivity index (χ3n) is 2.54. The maximum Gasteiger partial charge on any atom is 0.325 e. The van der Waals surface area contributed by atoms with Gasteiger partial charge in [-0.15, -0.1) is 0 Å². The Morgan fingerprint density at radius 1 is 1.67 bits per heavy atom. The van der Waals surface area contributed by atoms with E-state index in [1.165, 1.54) is 7.11 Å². The van der Waals surface area contributed by atoms with Crippen molar-refractivity contribution in [2.75, 3.05) is 27.2 Å². The summed E-state index contributed by atoms with van der Waals surface area (Å²) in [5.41, 5.74) is 5.02. The van der Waals surface area contributed by atoms with Gasteiger partial charge in [0.1, 0.15) is 5.54 Å². The SMILES string of the molecule is COC(=O)C(C)(N)C1CN(C)C1. The quantitative estimate of drug-likeness (QED) is 0.567. The lowest BCUT2D eigenvalue weighted by Crippen LogP contribution is -2.63. The van der Waals surface area contributed by atoms with Gasteiger partial charge in [0.05, 0.1) is 7.11 Å². The Hall–Kier alpha value is -0.610. The largest absolute Gasteiger partial charge is 0.468 e. The summed E-state index contributed by atoms with van der Waals surface area (Å²) in [6, 6.07) is 0. The van der Waals surface area contributed by atoms with Crippen molar-refractivity contribution < 1.29 is 9.53 Å². The van der Waals surface area contributed by atoms with E-state index in [1.807, 2.05) is 7.05 Å². The molecule has 0 aromatic carbocycles. The van der Waals surface area contributed by atoms with Gasteiger partial charge in [-0.1, -0.05) is 0 Å². The predicted octanol–water partition coefficient (Wildman–Crippen LogP) is -0.562. The van der Waals surface area contributed by atoms with E-state index in [-0.39, 0.29) is 11.9 Å². The lowest BCUT2D eigenvalue weighted by molar-refractivity contribution is -0.151. The molecule has 1 aliphatic heterocycles. The molecule has 0 aromatic rings. The van der Waals surface area contributed by atoms with Crippen LogP contribution in [-0.4, -0.2) is 43.7 Å². The summed E-state index contributed by atoms with van der Waals surface area (Å²) < 4.78 is 4.62. The topological polar surface area (TPSA) is 55.6 Å². The zero-order valence-electron chi connectivity index (χ0n) is 7.83. The Kier molecular flexibility index (Phi) is 2.39. The highest BCUT2D eigenvalue weighted by Gasteiger charge is 2.43. The molecule has 70 valence electrons. The van der Waals surface area contributed by atoms with Gasteiger partial charge in [0.25, 0.3) is 0 Å². The Bertz CT molecular complexity index is 185. The molecule has 1 unspecified atom stereocenters. The minimum absolute atomic E-state index is 0.231. The molecule has 1 heterocycles. The van der Waals surface area contributed by atoms with Crippen molar-refractivity contribution in [1.29, 1.82) is 0 Å². The van der Waals surface area contributed by atoms with Gasteiger partial charge in [0.15, 0.2) is 0 Å². The second kappa shape index (κ2) is 3.03. The number of methoxy groups -OCH3 is 1. The van der Waals surface area contributed by atoms with Crippen molar-refractivity contribution in [3.8, 4) is 0 Å². The summed E-state index contributed by atoms with van der Waals surface area (Å²) in [7, 11) is 3.37. The number of hydrogen-bond donors (Lipinski definition) is 1. The number of likely N-dealkylation sites (tertiary alicyclic amines) is 1. The molecule has 1 aliphatic rings. The second-order valence-corrected chi connectivity index (χ2v) is 3.69. The summed E-state index contributed by atoms with van der Waals surface area (Å²) >= 11 is 0. The molecule has 0 saturated carbocycles. The molecule has 1 fully saturated rings. The molecular weight excluding hydrogens is 156 g/mol. The molecule has 0 radical (unpaired) electrons. The average Bonchev–Trinajstić information content (AvgIpc) is 1.96. The number of carbonyl (C=O) groups is 1. The molecule has 0 aromatic heterocycles. The first-order chi connectivity index (χ1) is 5.48. The van der Waals surface area contributed by atoms with Gasteiger partial charge >= 0.3 is 5.97 Å². The van der Waals surface area contributed by atoms with Crippen LogP contribution in [0.15, 0.2) is 0 Å². The molecular formula is C8H16N2O2. The lowest BCUT2D eigenvalue weighted by Gasteiger charge is -2.43. The Labute approximate surface area is 72.7 Å². The number of hydrogen-bond acceptors (Lipinski definition) is 4. The summed E-state index contributed by atoms with van der Waals surface area (Å²) in [5.74, 6) is -0.0875. The van der Waals surface area contributed by atoms with E-state index in [0.717, 1.165) is 13.1 Å². The molecule has 0 spiro atoms. The van der Waals surface area contributed by atoms with Crippen LogP contribution in [-0.2, 0) is 9.53 Å². The van der Waals surface area contributed by atoms with Crippen LogP contribution in [0.25, 0.3) is 0 Å². The Balaban J connectivity index is 2.54. The van der Waals surface area contributed by atoms with E-state index < -0.39 is 5.54 Å². The van der Waals surface area contributed by atoms with Crippen molar-refractivity contribution in [3.05, 3.63) is 0 Å². The van der Waals surface area contributed by atoms with Crippen molar-refractivity contribution in [1.82, 2.24) is 4.90 Å². The maximum atomic E-state index is 11.2. The molecule has 4 nitrogen and oxygen atoms in total. The van der Waals surface area contributed by atoms with Crippen LogP contribution in [0.5, 0.6) is 0 Å². The standard InChI is InChI=1S/C8H16N2O2/c1-8(9,7(11)12-3)6-4-10(2)5-6/h6H,4-5,9H2,1-3H3. The molecule has 1 saturated heterocycles. The van der Waals surface area contributed by atoms with Crippen LogP contribution < -0.4 is 5.73 Å². The Morgan fingerprint density at radius 3 is 2.50 bits per heavy atom. The van der Waals surface area contributed by atoms with Gasteiger partial charge < -0.3 is 15.4 Å². The van der Waals surface area contributed by atoms with Crippen LogP contribution in [0, 0.1) is 5.92 Å². The summed E-state index contributed by atoms with van der Waals surface area (Å²) in [4.78, 5) is 13.3. The van der Waals surface area contributed by atoms with E-state index in [1.54, 1.807) is 6.92 Å². The fourth-order valence-electron chi connectivity index (χ4n) is 1.46. The minimum atomic E-state index is -0.818. The fourth-order valence-corrected chi connectivity index (χ4v) is 1.46. The van der Waals surface area contributed by atoms with E-state index >= 15 is 0 Å². The number of ether oxygens (including phenoxy) is 1. The molecule has 2 N–H and O–H groups in total. The second-order valence-electron chi connectivity index (χ2n) is 3.69. The van der Waals surface area contributed by atoms with Crippen molar-refractivity contribution in [2.24, 2.45) is 11.7 Å². The highest BCUT2D eigenvalue weighted by molar-refractivity contribution is 5.80. The third-order valence-corrected chi connectivity index (χ3v) is 2.54. The van der Waals surface area contributed by atoms with Crippen LogP contribution in [0.4, 0.5) is 0 Å². The molecule has 0 aliphatic carbocycles. The first-order valence-corrected chi connectivity index (χ1v) is 4.04. The predicted molar refractivity (Wildman–Crippen MR) is 45.6 cm³/mol. The normalized spacial score (nSPS) is 24.3. The smallest absolute Gasteiger partial charge is 0.325 e. The van der Waals surface area contributed by atoms with Crippen LogP contribution in [0.3, 0.4) is 0 Å². The van der Waals surface area contributed by atoms with Crippen molar-refractivity contribution in [2.45, 2.75) is 12.5 Å². The summed E-state index contributed by atoms with van der Waals surface area (Å²) in [6.45, 7) is 3.49. The first-order valence-electron chi connectivity index (χ1n) is 4.04. The molecule has 1 rings (SSSR count). The number of rotatable bonds is 2. The highest BCUT2D eigenvalue weighted by atomic mass is 16.5. The molecule has 0 amide bonds. The molecule has 1 atom stereocenters. The molecule has 4 heteroatoms. The maximum absolute atomic E-state index is 11.2. The van der Waals surface area contributed by atoms with Gasteiger partial charge in [-0.25, -0.2) is 0 Å². The Morgan fingerprint density at radius 2 is 2.17 bits per heavy atom. The highest BCUT2D eigenvalue weighted by Crippen LogP contribution is 2.24. The van der Waals surface area contributed by atoms with Gasteiger partial charge in [-0.05, 0) is 14.0 Å². The van der Waals surface area contributed by atoms with Gasteiger partial charge in [-0.2, -0.15) is 0 Å². The first kappa shape index (κ1) is 9.48.